The van der Waals surface area contributed by atoms with Crippen molar-refractivity contribution in [1.29, 1.82) is 0 Å². The van der Waals surface area contributed by atoms with E-state index in [0.29, 0.717) is 0 Å². The standard InChI is InChI=1S/C13H17N5O/c1-9(19)18-7-3-4-10(8-18)11-12-13(17(2)16-11)15-6-5-14-12/h5-6,10H,3-4,7-8H2,1-2H3. The number of likely N-dealkylation sites (tertiary alicyclic amines) is 1. The Morgan fingerprint density at radius 1 is 1.37 bits per heavy atom. The van der Waals surface area contributed by atoms with Crippen LogP contribution in [0.25, 0.3) is 11.2 Å². The minimum Gasteiger partial charge on any atom is -0.342 e. The second-order valence-electron chi connectivity index (χ2n) is 5.04. The monoisotopic (exact) mass is 259 g/mol. The van der Waals surface area contributed by atoms with E-state index in [9.17, 15) is 4.79 Å². The zero-order chi connectivity index (χ0) is 13.4. The molecule has 6 nitrogen and oxygen atoms in total. The molecule has 3 heterocycles. The molecule has 0 bridgehead atoms. The Balaban J connectivity index is 1.98. The van der Waals surface area contributed by atoms with E-state index in [1.54, 1.807) is 24.0 Å². The third-order valence-electron chi connectivity index (χ3n) is 3.74. The van der Waals surface area contributed by atoms with Gasteiger partial charge in [-0.15, -0.1) is 0 Å². The predicted octanol–water partition coefficient (Wildman–Crippen LogP) is 1.09. The highest BCUT2D eigenvalue weighted by molar-refractivity contribution is 5.75. The molecule has 1 aliphatic heterocycles. The third kappa shape index (κ3) is 2.07. The molecule has 0 N–H and O–H groups in total. The second kappa shape index (κ2) is 4.60. The lowest BCUT2D eigenvalue weighted by Gasteiger charge is -2.31. The minimum atomic E-state index is 0.135. The van der Waals surface area contributed by atoms with Gasteiger partial charge in [-0.3, -0.25) is 4.79 Å². The lowest BCUT2D eigenvalue weighted by molar-refractivity contribution is -0.130. The van der Waals surface area contributed by atoms with E-state index in [-0.39, 0.29) is 11.8 Å². The van der Waals surface area contributed by atoms with E-state index in [4.69, 9.17) is 0 Å². The number of amides is 1. The first kappa shape index (κ1) is 12.1. The number of carbonyl (C=O) groups is 1. The molecule has 0 aliphatic carbocycles. The van der Waals surface area contributed by atoms with Crippen LogP contribution in [0.1, 0.15) is 31.4 Å². The van der Waals surface area contributed by atoms with Gasteiger partial charge in [0.15, 0.2) is 5.65 Å². The molecule has 0 radical (unpaired) electrons. The first-order chi connectivity index (χ1) is 9.16. The van der Waals surface area contributed by atoms with E-state index in [2.05, 4.69) is 15.1 Å². The number of nitrogens with zero attached hydrogens (tertiary/aromatic N) is 5. The number of hydrogen-bond acceptors (Lipinski definition) is 4. The van der Waals surface area contributed by atoms with Gasteiger partial charge in [0.2, 0.25) is 5.91 Å². The minimum absolute atomic E-state index is 0.135. The fourth-order valence-electron chi connectivity index (χ4n) is 2.77. The summed E-state index contributed by atoms with van der Waals surface area (Å²) in [5.41, 5.74) is 2.63. The summed E-state index contributed by atoms with van der Waals surface area (Å²) in [6.07, 6.45) is 5.44. The van der Waals surface area contributed by atoms with Gasteiger partial charge in [-0.05, 0) is 12.8 Å². The quantitative estimate of drug-likeness (QED) is 0.769. The SMILES string of the molecule is CC(=O)N1CCCC(c2nn(C)c3nccnc23)C1. The molecule has 2 aromatic heterocycles. The molecular weight excluding hydrogens is 242 g/mol. The average Bonchev–Trinajstić information content (AvgIpc) is 2.77. The first-order valence-electron chi connectivity index (χ1n) is 6.56. The molecule has 1 saturated heterocycles. The van der Waals surface area contributed by atoms with Gasteiger partial charge in [-0.25, -0.2) is 14.6 Å². The lowest BCUT2D eigenvalue weighted by Crippen LogP contribution is -2.37. The molecule has 1 amide bonds. The summed E-state index contributed by atoms with van der Waals surface area (Å²) in [4.78, 5) is 22.1. The third-order valence-corrected chi connectivity index (χ3v) is 3.74. The fraction of sp³-hybridized carbons (Fsp3) is 0.538. The molecule has 1 aliphatic rings. The van der Waals surface area contributed by atoms with Crippen molar-refractivity contribution in [2.75, 3.05) is 13.1 Å². The van der Waals surface area contributed by atoms with E-state index in [0.717, 1.165) is 42.8 Å². The summed E-state index contributed by atoms with van der Waals surface area (Å²) in [6.45, 7) is 3.21. The van der Waals surface area contributed by atoms with Gasteiger partial charge in [0.05, 0.1) is 5.69 Å². The zero-order valence-corrected chi connectivity index (χ0v) is 11.2. The van der Waals surface area contributed by atoms with Crippen LogP contribution in [0.4, 0.5) is 0 Å². The molecule has 1 unspecified atom stereocenters. The number of aromatic nitrogens is 4. The van der Waals surface area contributed by atoms with Crippen LogP contribution in [-0.2, 0) is 11.8 Å². The van der Waals surface area contributed by atoms with Crippen LogP contribution in [0.2, 0.25) is 0 Å². The maximum absolute atomic E-state index is 11.5. The number of aryl methyl sites for hydroxylation is 1. The number of carbonyl (C=O) groups excluding carboxylic acids is 1. The second-order valence-corrected chi connectivity index (χ2v) is 5.04. The highest BCUT2D eigenvalue weighted by Gasteiger charge is 2.27. The molecule has 2 aromatic rings. The Morgan fingerprint density at radius 2 is 2.16 bits per heavy atom. The van der Waals surface area contributed by atoms with Crippen molar-refractivity contribution in [1.82, 2.24) is 24.6 Å². The summed E-state index contributed by atoms with van der Waals surface area (Å²) >= 11 is 0. The van der Waals surface area contributed by atoms with Crippen LogP contribution in [-0.4, -0.2) is 43.6 Å². The van der Waals surface area contributed by atoms with Crippen molar-refractivity contribution in [3.63, 3.8) is 0 Å². The van der Waals surface area contributed by atoms with Crippen LogP contribution in [0.15, 0.2) is 12.4 Å². The molecule has 0 saturated carbocycles. The summed E-state index contributed by atoms with van der Waals surface area (Å²) in [7, 11) is 1.88. The summed E-state index contributed by atoms with van der Waals surface area (Å²) in [5, 5.41) is 4.56. The van der Waals surface area contributed by atoms with E-state index < -0.39 is 0 Å². The Hall–Kier alpha value is -1.98. The van der Waals surface area contributed by atoms with E-state index in [1.165, 1.54) is 0 Å². The van der Waals surface area contributed by atoms with Gasteiger partial charge in [-0.1, -0.05) is 0 Å². The average molecular weight is 259 g/mol. The Bertz CT molecular complexity index is 621. The molecule has 1 atom stereocenters. The van der Waals surface area contributed by atoms with Crippen LogP contribution in [0.3, 0.4) is 0 Å². The number of hydrogen-bond donors (Lipinski definition) is 0. The van der Waals surface area contributed by atoms with Crippen LogP contribution < -0.4 is 0 Å². The van der Waals surface area contributed by atoms with Crippen molar-refractivity contribution >= 4 is 17.1 Å². The van der Waals surface area contributed by atoms with E-state index in [1.807, 2.05) is 11.9 Å². The number of fused-ring (bicyclic) bond motifs is 1. The fourth-order valence-corrected chi connectivity index (χ4v) is 2.77. The molecule has 100 valence electrons. The van der Waals surface area contributed by atoms with Crippen molar-refractivity contribution in [3.05, 3.63) is 18.1 Å². The van der Waals surface area contributed by atoms with Crippen molar-refractivity contribution in [2.45, 2.75) is 25.7 Å². The molecular formula is C13H17N5O. The Labute approximate surface area is 111 Å². The highest BCUT2D eigenvalue weighted by Crippen LogP contribution is 2.29. The van der Waals surface area contributed by atoms with Crippen LogP contribution in [0, 0.1) is 0 Å². The molecule has 3 rings (SSSR count). The molecule has 0 aromatic carbocycles. The van der Waals surface area contributed by atoms with E-state index >= 15 is 0 Å². The maximum atomic E-state index is 11.5. The molecule has 1 fully saturated rings. The maximum Gasteiger partial charge on any atom is 0.219 e. The van der Waals surface area contributed by atoms with Gasteiger partial charge < -0.3 is 4.90 Å². The molecule has 19 heavy (non-hydrogen) atoms. The Morgan fingerprint density at radius 3 is 2.95 bits per heavy atom. The van der Waals surface area contributed by atoms with Gasteiger partial charge in [0, 0.05) is 45.4 Å². The van der Waals surface area contributed by atoms with Gasteiger partial charge in [-0.2, -0.15) is 5.10 Å². The van der Waals surface area contributed by atoms with Crippen LogP contribution >= 0.6 is 0 Å². The van der Waals surface area contributed by atoms with Crippen molar-refractivity contribution in [2.24, 2.45) is 7.05 Å². The number of rotatable bonds is 1. The number of piperidine rings is 1. The topological polar surface area (TPSA) is 63.9 Å². The summed E-state index contributed by atoms with van der Waals surface area (Å²) < 4.78 is 1.77. The molecule has 0 spiro atoms. The zero-order valence-electron chi connectivity index (χ0n) is 11.2. The van der Waals surface area contributed by atoms with Crippen molar-refractivity contribution in [3.8, 4) is 0 Å². The normalized spacial score (nSPS) is 19.9. The summed E-state index contributed by atoms with van der Waals surface area (Å²) in [5.74, 6) is 0.397. The first-order valence-corrected chi connectivity index (χ1v) is 6.56. The Kier molecular flexibility index (Phi) is 2.93. The smallest absolute Gasteiger partial charge is 0.219 e. The van der Waals surface area contributed by atoms with Gasteiger partial charge in [0.1, 0.15) is 5.52 Å². The molecule has 6 heteroatoms. The van der Waals surface area contributed by atoms with Crippen molar-refractivity contribution < 1.29 is 4.79 Å². The summed E-state index contributed by atoms with van der Waals surface area (Å²) in [6, 6.07) is 0. The highest BCUT2D eigenvalue weighted by atomic mass is 16.2. The lowest BCUT2D eigenvalue weighted by atomic mass is 9.94. The largest absolute Gasteiger partial charge is 0.342 e. The van der Waals surface area contributed by atoms with Gasteiger partial charge in [0.25, 0.3) is 0 Å². The van der Waals surface area contributed by atoms with Crippen LogP contribution in [0.5, 0.6) is 0 Å². The van der Waals surface area contributed by atoms with Gasteiger partial charge >= 0.3 is 0 Å². The predicted molar refractivity (Wildman–Crippen MR) is 70.5 cm³/mol.